The van der Waals surface area contributed by atoms with Gasteiger partial charge in [0.15, 0.2) is 0 Å². The first-order valence-electron chi connectivity index (χ1n) is 6.53. The molecule has 100 valence electrons. The van der Waals surface area contributed by atoms with Crippen molar-refractivity contribution in [1.82, 2.24) is 5.32 Å². The minimum atomic E-state index is -0.0597. The molecule has 1 aromatic carbocycles. The Bertz CT molecular complexity index is 351. The normalized spacial score (nSPS) is 13.9. The van der Waals surface area contributed by atoms with E-state index >= 15 is 0 Å². The van der Waals surface area contributed by atoms with Gasteiger partial charge >= 0.3 is 0 Å². The average Bonchev–Trinajstić information content (AvgIpc) is 2.37. The molecule has 2 atom stereocenters. The minimum absolute atomic E-state index is 0.0468. The highest BCUT2D eigenvalue weighted by Crippen LogP contribution is 2.21. The van der Waals surface area contributed by atoms with Crippen molar-refractivity contribution in [2.75, 3.05) is 13.7 Å². The van der Waals surface area contributed by atoms with E-state index in [1.807, 2.05) is 37.3 Å². The Morgan fingerprint density at radius 3 is 2.56 bits per heavy atom. The summed E-state index contributed by atoms with van der Waals surface area (Å²) in [6.07, 6.45) is 1.86. The summed E-state index contributed by atoms with van der Waals surface area (Å²) in [5.41, 5.74) is 1.08. The average molecular weight is 249 g/mol. The molecule has 0 unspecified atom stereocenters. The third kappa shape index (κ3) is 4.49. The van der Waals surface area contributed by atoms with Crippen molar-refractivity contribution < 1.29 is 9.53 Å². The summed E-state index contributed by atoms with van der Waals surface area (Å²) in [7, 11) is 1.64. The number of amides is 1. The molecule has 0 bridgehead atoms. The summed E-state index contributed by atoms with van der Waals surface area (Å²) in [5.74, 6) is 0.0307. The summed E-state index contributed by atoms with van der Waals surface area (Å²) < 4.78 is 5.04. The number of hydrogen-bond donors (Lipinski definition) is 1. The largest absolute Gasteiger partial charge is 0.383 e. The molecular formula is C15H23NO2. The molecule has 1 rings (SSSR count). The molecule has 3 nitrogen and oxygen atoms in total. The van der Waals surface area contributed by atoms with Gasteiger partial charge in [0.2, 0.25) is 5.91 Å². The Labute approximate surface area is 110 Å². The van der Waals surface area contributed by atoms with Gasteiger partial charge in [-0.25, -0.2) is 0 Å². The lowest BCUT2D eigenvalue weighted by Crippen LogP contribution is -2.38. The van der Waals surface area contributed by atoms with E-state index < -0.39 is 0 Å². The lowest BCUT2D eigenvalue weighted by atomic mass is 9.93. The van der Waals surface area contributed by atoms with Crippen molar-refractivity contribution in [3.05, 3.63) is 35.9 Å². The first kappa shape index (κ1) is 14.7. The third-order valence-electron chi connectivity index (χ3n) is 2.90. The molecule has 0 spiro atoms. The van der Waals surface area contributed by atoms with E-state index in [9.17, 15) is 4.79 Å². The second kappa shape index (κ2) is 7.88. The zero-order valence-corrected chi connectivity index (χ0v) is 11.5. The quantitative estimate of drug-likeness (QED) is 0.807. The Kier molecular flexibility index (Phi) is 6.44. The predicted molar refractivity (Wildman–Crippen MR) is 73.6 cm³/mol. The van der Waals surface area contributed by atoms with Crippen LogP contribution >= 0.6 is 0 Å². The van der Waals surface area contributed by atoms with Crippen LogP contribution in [0.5, 0.6) is 0 Å². The van der Waals surface area contributed by atoms with Gasteiger partial charge in [0.05, 0.1) is 12.5 Å². The highest BCUT2D eigenvalue weighted by atomic mass is 16.5. The highest BCUT2D eigenvalue weighted by Gasteiger charge is 2.20. The predicted octanol–water partition coefficient (Wildman–Crippen LogP) is 2.72. The van der Waals surface area contributed by atoms with Crippen LogP contribution in [0.4, 0.5) is 0 Å². The molecule has 1 N–H and O–H groups in total. The fourth-order valence-corrected chi connectivity index (χ4v) is 2.06. The van der Waals surface area contributed by atoms with Gasteiger partial charge in [0.25, 0.3) is 0 Å². The summed E-state index contributed by atoms with van der Waals surface area (Å²) in [4.78, 5) is 12.3. The smallest absolute Gasteiger partial charge is 0.227 e. The van der Waals surface area contributed by atoms with Crippen LogP contribution in [0.2, 0.25) is 0 Å². The highest BCUT2D eigenvalue weighted by molar-refractivity contribution is 5.83. The van der Waals surface area contributed by atoms with Gasteiger partial charge in [-0.1, -0.05) is 43.7 Å². The second-order valence-corrected chi connectivity index (χ2v) is 4.62. The molecule has 0 saturated heterocycles. The second-order valence-electron chi connectivity index (χ2n) is 4.62. The standard InChI is InChI=1S/C15H23NO2/c1-4-8-14(13-9-6-5-7-10-13)15(17)16-12(2)11-18-3/h5-7,9-10,12,14H,4,8,11H2,1-3H3,(H,16,17)/t12-,14-/m1/s1. The number of ether oxygens (including phenoxy) is 1. The van der Waals surface area contributed by atoms with Gasteiger partial charge in [0.1, 0.15) is 0 Å². The van der Waals surface area contributed by atoms with E-state index in [4.69, 9.17) is 4.74 Å². The Morgan fingerprint density at radius 1 is 1.33 bits per heavy atom. The maximum Gasteiger partial charge on any atom is 0.227 e. The van der Waals surface area contributed by atoms with Gasteiger partial charge in [0, 0.05) is 13.2 Å². The van der Waals surface area contributed by atoms with Gasteiger partial charge in [-0.3, -0.25) is 4.79 Å². The van der Waals surface area contributed by atoms with Gasteiger partial charge in [-0.05, 0) is 18.9 Å². The van der Waals surface area contributed by atoms with Crippen LogP contribution in [-0.2, 0) is 9.53 Å². The van der Waals surface area contributed by atoms with Crippen molar-refractivity contribution in [2.24, 2.45) is 0 Å². The maximum absolute atomic E-state index is 12.3. The van der Waals surface area contributed by atoms with Gasteiger partial charge < -0.3 is 10.1 Å². The Balaban J connectivity index is 2.70. The number of methoxy groups -OCH3 is 1. The van der Waals surface area contributed by atoms with Crippen LogP contribution < -0.4 is 5.32 Å². The monoisotopic (exact) mass is 249 g/mol. The lowest BCUT2D eigenvalue weighted by Gasteiger charge is -2.20. The molecule has 0 aliphatic carbocycles. The summed E-state index contributed by atoms with van der Waals surface area (Å²) >= 11 is 0. The van der Waals surface area contributed by atoms with E-state index in [-0.39, 0.29) is 17.9 Å². The molecule has 0 aromatic heterocycles. The fourth-order valence-electron chi connectivity index (χ4n) is 2.06. The summed E-state index contributed by atoms with van der Waals surface area (Å²) in [6.45, 7) is 4.59. The number of hydrogen-bond acceptors (Lipinski definition) is 2. The van der Waals surface area contributed by atoms with Crippen molar-refractivity contribution in [1.29, 1.82) is 0 Å². The molecular weight excluding hydrogens is 226 g/mol. The SMILES string of the molecule is CCC[C@@H](C(=O)N[C@H](C)COC)c1ccccc1. The number of carbonyl (C=O) groups excluding carboxylic acids is 1. The molecule has 0 heterocycles. The zero-order valence-electron chi connectivity index (χ0n) is 11.5. The number of nitrogens with one attached hydrogen (secondary N) is 1. The third-order valence-corrected chi connectivity index (χ3v) is 2.90. The molecule has 1 amide bonds. The first-order valence-corrected chi connectivity index (χ1v) is 6.53. The number of benzene rings is 1. The molecule has 0 saturated carbocycles. The molecule has 0 aliphatic rings. The maximum atomic E-state index is 12.3. The minimum Gasteiger partial charge on any atom is -0.383 e. The Morgan fingerprint density at radius 2 is 2.00 bits per heavy atom. The first-order chi connectivity index (χ1) is 8.69. The number of carbonyl (C=O) groups is 1. The van der Waals surface area contributed by atoms with Crippen molar-refractivity contribution in [3.8, 4) is 0 Å². The van der Waals surface area contributed by atoms with Crippen molar-refractivity contribution in [2.45, 2.75) is 38.6 Å². The van der Waals surface area contributed by atoms with E-state index in [2.05, 4.69) is 12.2 Å². The van der Waals surface area contributed by atoms with Crippen LogP contribution in [-0.4, -0.2) is 25.7 Å². The zero-order chi connectivity index (χ0) is 13.4. The Hall–Kier alpha value is -1.35. The van der Waals surface area contributed by atoms with E-state index in [0.717, 1.165) is 18.4 Å². The topological polar surface area (TPSA) is 38.3 Å². The molecule has 1 aromatic rings. The van der Waals surface area contributed by atoms with Crippen LogP contribution in [0.3, 0.4) is 0 Å². The van der Waals surface area contributed by atoms with Crippen molar-refractivity contribution >= 4 is 5.91 Å². The van der Waals surface area contributed by atoms with Crippen LogP contribution in [0.15, 0.2) is 30.3 Å². The fraction of sp³-hybridized carbons (Fsp3) is 0.533. The molecule has 0 aliphatic heterocycles. The summed E-state index contributed by atoms with van der Waals surface area (Å²) in [6, 6.07) is 10.00. The summed E-state index contributed by atoms with van der Waals surface area (Å²) in [5, 5.41) is 3.00. The van der Waals surface area contributed by atoms with E-state index in [1.54, 1.807) is 7.11 Å². The lowest BCUT2D eigenvalue weighted by molar-refractivity contribution is -0.123. The van der Waals surface area contributed by atoms with E-state index in [0.29, 0.717) is 6.61 Å². The van der Waals surface area contributed by atoms with Crippen LogP contribution in [0.25, 0.3) is 0 Å². The van der Waals surface area contributed by atoms with Crippen molar-refractivity contribution in [3.63, 3.8) is 0 Å². The van der Waals surface area contributed by atoms with Crippen LogP contribution in [0.1, 0.15) is 38.2 Å². The number of rotatable bonds is 7. The van der Waals surface area contributed by atoms with Gasteiger partial charge in [-0.2, -0.15) is 0 Å². The van der Waals surface area contributed by atoms with E-state index in [1.165, 1.54) is 0 Å². The van der Waals surface area contributed by atoms with Gasteiger partial charge in [-0.15, -0.1) is 0 Å². The molecule has 0 radical (unpaired) electrons. The van der Waals surface area contributed by atoms with Crippen LogP contribution in [0, 0.1) is 0 Å². The molecule has 0 fully saturated rings. The molecule has 3 heteroatoms. The molecule has 18 heavy (non-hydrogen) atoms.